The van der Waals surface area contributed by atoms with Gasteiger partial charge in [0.15, 0.2) is 0 Å². The molecule has 0 spiro atoms. The molecule has 3 rings (SSSR count). The summed E-state index contributed by atoms with van der Waals surface area (Å²) in [6.45, 7) is 2.00. The van der Waals surface area contributed by atoms with E-state index >= 15 is 0 Å². The van der Waals surface area contributed by atoms with Crippen LogP contribution in [0.25, 0.3) is 0 Å². The molecule has 2 fully saturated rings. The van der Waals surface area contributed by atoms with Gasteiger partial charge in [0.1, 0.15) is 0 Å². The van der Waals surface area contributed by atoms with Crippen molar-refractivity contribution in [2.75, 3.05) is 26.4 Å². The van der Waals surface area contributed by atoms with Crippen LogP contribution in [0.3, 0.4) is 0 Å². The number of rotatable bonds is 23. The van der Waals surface area contributed by atoms with Crippen LogP contribution < -0.4 is 0 Å². The predicted molar refractivity (Wildman–Crippen MR) is 141 cm³/mol. The first-order valence-electron chi connectivity index (χ1n) is 14.0. The molecular weight excluding hydrogens is 516 g/mol. The van der Waals surface area contributed by atoms with Crippen LogP contribution in [0.1, 0.15) is 96.3 Å². The lowest BCUT2D eigenvalue weighted by molar-refractivity contribution is 0.305. The van der Waals surface area contributed by atoms with Crippen molar-refractivity contribution in [1.82, 2.24) is 0 Å². The molecule has 0 aliphatic carbocycles. The number of epoxide rings is 2. The third kappa shape index (κ3) is 13.0. The molecule has 1 aromatic carbocycles. The minimum atomic E-state index is -4.03. The van der Waals surface area contributed by atoms with E-state index in [1.807, 2.05) is 0 Å². The third-order valence-electron chi connectivity index (χ3n) is 6.76. The fraction of sp³-hybridized carbons (Fsp3) is 0.778. The van der Waals surface area contributed by atoms with Crippen LogP contribution >= 0.6 is 0 Å². The fourth-order valence-electron chi connectivity index (χ4n) is 4.27. The molecule has 0 saturated carbocycles. The zero-order valence-corrected chi connectivity index (χ0v) is 23.6. The molecule has 2 unspecified atom stereocenters. The van der Waals surface area contributed by atoms with E-state index in [1.54, 1.807) is 0 Å². The summed E-state index contributed by atoms with van der Waals surface area (Å²) in [5, 5.41) is 0. The normalized spacial score (nSPS) is 19.2. The van der Waals surface area contributed by atoms with Gasteiger partial charge in [-0.15, -0.1) is 0 Å². The molecule has 0 radical (unpaired) electrons. The van der Waals surface area contributed by atoms with Crippen molar-refractivity contribution in [3.63, 3.8) is 0 Å². The number of unbranched alkanes of at least 4 members (excludes halogenated alkanes) is 11. The van der Waals surface area contributed by atoms with Gasteiger partial charge in [0.05, 0.1) is 48.4 Å². The van der Waals surface area contributed by atoms with Gasteiger partial charge in [-0.25, -0.2) is 0 Å². The molecule has 212 valence electrons. The van der Waals surface area contributed by atoms with E-state index in [1.165, 1.54) is 50.3 Å². The maximum absolute atomic E-state index is 12.6. The number of hydrogen-bond acceptors (Lipinski definition) is 8. The SMILES string of the molecule is O=S(=O)(OCCCCCCCCCC1CO1)c1cccc(S(=O)(=O)OCCCCCCCCC2CO2)c1. The number of benzene rings is 1. The van der Waals surface area contributed by atoms with Crippen molar-refractivity contribution in [1.29, 1.82) is 0 Å². The molecular formula is C27H44O8S2. The molecule has 2 aliphatic heterocycles. The molecule has 10 heteroatoms. The van der Waals surface area contributed by atoms with E-state index in [4.69, 9.17) is 17.8 Å². The van der Waals surface area contributed by atoms with Crippen LogP contribution in [-0.2, 0) is 38.1 Å². The maximum Gasteiger partial charge on any atom is 0.297 e. The number of hydrogen-bond donors (Lipinski definition) is 0. The van der Waals surface area contributed by atoms with E-state index in [-0.39, 0.29) is 23.0 Å². The first-order chi connectivity index (χ1) is 17.9. The molecule has 37 heavy (non-hydrogen) atoms. The molecule has 2 aliphatic rings. The topological polar surface area (TPSA) is 112 Å². The highest BCUT2D eigenvalue weighted by Crippen LogP contribution is 2.22. The van der Waals surface area contributed by atoms with Gasteiger partial charge in [-0.05, 0) is 43.9 Å². The minimum absolute atomic E-state index is 0.0840. The first kappa shape index (κ1) is 30.5. The Morgan fingerprint density at radius 3 is 1.32 bits per heavy atom. The average Bonchev–Trinajstić information content (AvgIpc) is 3.80. The molecule has 0 bridgehead atoms. The van der Waals surface area contributed by atoms with Crippen molar-refractivity contribution in [3.05, 3.63) is 24.3 Å². The summed E-state index contributed by atoms with van der Waals surface area (Å²) in [6.07, 6.45) is 16.7. The van der Waals surface area contributed by atoms with Gasteiger partial charge in [0, 0.05) is 0 Å². The van der Waals surface area contributed by atoms with E-state index < -0.39 is 20.2 Å². The lowest BCUT2D eigenvalue weighted by atomic mass is 10.1. The summed E-state index contributed by atoms with van der Waals surface area (Å²) < 4.78 is 70.9. The minimum Gasteiger partial charge on any atom is -0.373 e. The van der Waals surface area contributed by atoms with Crippen molar-refractivity contribution in [2.45, 2.75) is 118 Å². The van der Waals surface area contributed by atoms with Crippen LogP contribution in [0.15, 0.2) is 34.1 Å². The summed E-state index contributed by atoms with van der Waals surface area (Å²) in [5.41, 5.74) is 0. The van der Waals surface area contributed by atoms with Crippen LogP contribution in [0.4, 0.5) is 0 Å². The second kappa shape index (κ2) is 16.2. The Morgan fingerprint density at radius 1 is 0.595 bits per heavy atom. The lowest BCUT2D eigenvalue weighted by Gasteiger charge is -2.09. The van der Waals surface area contributed by atoms with E-state index in [2.05, 4.69) is 0 Å². The summed E-state index contributed by atoms with van der Waals surface area (Å²) in [4.78, 5) is -0.346. The van der Waals surface area contributed by atoms with Gasteiger partial charge in [0.25, 0.3) is 20.2 Å². The van der Waals surface area contributed by atoms with Crippen molar-refractivity contribution < 1.29 is 34.7 Å². The van der Waals surface area contributed by atoms with Crippen LogP contribution in [0.5, 0.6) is 0 Å². The Bertz CT molecular complexity index is 985. The maximum atomic E-state index is 12.6. The molecule has 1 aromatic rings. The first-order valence-corrected chi connectivity index (χ1v) is 16.8. The second-order valence-electron chi connectivity index (χ2n) is 10.1. The summed E-state index contributed by atoms with van der Waals surface area (Å²) in [6, 6.07) is 5.20. The van der Waals surface area contributed by atoms with Gasteiger partial charge in [-0.1, -0.05) is 76.7 Å². The van der Waals surface area contributed by atoms with Crippen LogP contribution in [0, 0.1) is 0 Å². The zero-order chi connectivity index (χ0) is 26.4. The van der Waals surface area contributed by atoms with Crippen LogP contribution in [0.2, 0.25) is 0 Å². The van der Waals surface area contributed by atoms with Crippen molar-refractivity contribution >= 4 is 20.2 Å². The monoisotopic (exact) mass is 560 g/mol. The Hall–Kier alpha value is -1.04. The Morgan fingerprint density at radius 2 is 0.946 bits per heavy atom. The molecule has 0 aromatic heterocycles. The highest BCUT2D eigenvalue weighted by Gasteiger charge is 2.22. The van der Waals surface area contributed by atoms with Crippen molar-refractivity contribution in [3.8, 4) is 0 Å². The van der Waals surface area contributed by atoms with Crippen molar-refractivity contribution in [2.24, 2.45) is 0 Å². The van der Waals surface area contributed by atoms with E-state index in [0.29, 0.717) is 25.0 Å². The largest absolute Gasteiger partial charge is 0.373 e. The third-order valence-corrected chi connectivity index (χ3v) is 9.37. The smallest absolute Gasteiger partial charge is 0.297 e. The molecule has 2 atom stereocenters. The van der Waals surface area contributed by atoms with Gasteiger partial charge in [0.2, 0.25) is 0 Å². The number of ether oxygens (including phenoxy) is 2. The Labute approximate surface area is 223 Å². The predicted octanol–water partition coefficient (Wildman–Crippen LogP) is 5.75. The lowest BCUT2D eigenvalue weighted by Crippen LogP contribution is -2.11. The molecule has 8 nitrogen and oxygen atoms in total. The molecule has 0 N–H and O–H groups in total. The molecule has 0 amide bonds. The van der Waals surface area contributed by atoms with Gasteiger partial charge < -0.3 is 9.47 Å². The van der Waals surface area contributed by atoms with E-state index in [9.17, 15) is 16.8 Å². The Kier molecular flexibility index (Phi) is 13.3. The van der Waals surface area contributed by atoms with Gasteiger partial charge in [-0.2, -0.15) is 16.8 Å². The van der Waals surface area contributed by atoms with E-state index in [0.717, 1.165) is 70.6 Å². The van der Waals surface area contributed by atoms with Gasteiger partial charge in [-0.3, -0.25) is 8.37 Å². The second-order valence-corrected chi connectivity index (χ2v) is 13.3. The standard InChI is InChI=1S/C27H44O8S2/c28-36(29,34-19-12-8-4-1-2-6-10-15-24-22-32-24)26-17-14-18-27(21-26)37(30,31)35-20-13-9-5-3-7-11-16-25-23-33-25/h14,17-18,21,24-25H,1-13,15-16,19-20,22-23H2. The quantitative estimate of drug-likeness (QED) is 0.0945. The molecule has 2 heterocycles. The zero-order valence-electron chi connectivity index (χ0n) is 22.0. The summed E-state index contributed by atoms with van der Waals surface area (Å²) in [5.74, 6) is 0. The van der Waals surface area contributed by atoms with Gasteiger partial charge >= 0.3 is 0 Å². The Balaban J connectivity index is 1.27. The summed E-state index contributed by atoms with van der Waals surface area (Å²) >= 11 is 0. The highest BCUT2D eigenvalue weighted by atomic mass is 32.2. The highest BCUT2D eigenvalue weighted by molar-refractivity contribution is 7.87. The summed E-state index contributed by atoms with van der Waals surface area (Å²) in [7, 11) is -8.06. The van der Waals surface area contributed by atoms with Crippen LogP contribution in [-0.4, -0.2) is 55.5 Å². The molecule has 2 saturated heterocycles. The fourth-order valence-corrected chi connectivity index (χ4v) is 6.32. The average molecular weight is 561 g/mol.